The fraction of sp³-hybridized carbons (Fsp3) is 0.286. The summed E-state index contributed by atoms with van der Waals surface area (Å²) in [6.45, 7) is 9.29. The molecule has 0 aromatic carbocycles. The second-order valence-corrected chi connectivity index (χ2v) is 2.73. The van der Waals surface area contributed by atoms with Gasteiger partial charge >= 0.3 is 8.25 Å². The number of carbonyl (C=O) groups is 1. The summed E-state index contributed by atoms with van der Waals surface area (Å²) in [7, 11) is -3.13. The molecule has 6 heteroatoms. The molecule has 5 nitrogen and oxygen atoms in total. The lowest BCUT2D eigenvalue weighted by Gasteiger charge is -1.98. The van der Waals surface area contributed by atoms with Gasteiger partial charge in [-0.1, -0.05) is 18.7 Å². The van der Waals surface area contributed by atoms with E-state index in [2.05, 4.69) is 18.5 Å². The van der Waals surface area contributed by atoms with Crippen LogP contribution in [0.3, 0.4) is 0 Å². The van der Waals surface area contributed by atoms with E-state index in [1.807, 2.05) is 6.92 Å². The van der Waals surface area contributed by atoms with E-state index in [0.717, 1.165) is 5.57 Å². The maximum Gasteiger partial charge on any atom is 0.314 e. The lowest BCUT2D eigenvalue weighted by molar-refractivity contribution is -0.116. The summed E-state index contributed by atoms with van der Waals surface area (Å²) in [4.78, 5) is 24.8. The average Bonchev–Trinajstić information content (AvgIpc) is 1.99. The summed E-state index contributed by atoms with van der Waals surface area (Å²) in [6, 6.07) is 0. The van der Waals surface area contributed by atoms with Crippen LogP contribution in [0.25, 0.3) is 0 Å². The Morgan fingerprint density at radius 1 is 1.62 bits per heavy atom. The van der Waals surface area contributed by atoms with Gasteiger partial charge in [0, 0.05) is 6.54 Å². The predicted molar refractivity (Wildman–Crippen MR) is 51.5 cm³/mol. The highest BCUT2D eigenvalue weighted by Crippen LogP contribution is 1.98. The minimum atomic E-state index is -3.13. The highest BCUT2D eigenvalue weighted by Gasteiger charge is 1.89. The highest BCUT2D eigenvalue weighted by atomic mass is 31.1. The lowest BCUT2D eigenvalue weighted by Crippen LogP contribution is -2.22. The van der Waals surface area contributed by atoms with E-state index in [1.54, 1.807) is 0 Å². The van der Waals surface area contributed by atoms with Gasteiger partial charge < -0.3 is 15.1 Å². The molecule has 3 N–H and O–H groups in total. The molecular weight excluding hydrogens is 193 g/mol. The van der Waals surface area contributed by atoms with Crippen LogP contribution in [0.4, 0.5) is 0 Å². The van der Waals surface area contributed by atoms with Crippen molar-refractivity contribution in [1.82, 2.24) is 5.32 Å². The molecule has 0 heterocycles. The molecule has 0 atom stereocenters. The van der Waals surface area contributed by atoms with Crippen molar-refractivity contribution in [2.75, 3.05) is 6.54 Å². The van der Waals surface area contributed by atoms with Crippen LogP contribution in [0.5, 0.6) is 0 Å². The number of carbonyl (C=O) groups excluding carboxylic acids is 1. The molecule has 0 rings (SSSR count). The second-order valence-electron chi connectivity index (χ2n) is 2.16. The minimum Gasteiger partial charge on any atom is -0.349 e. The quantitative estimate of drug-likeness (QED) is 0.351. The van der Waals surface area contributed by atoms with Crippen molar-refractivity contribution in [3.8, 4) is 0 Å². The smallest absolute Gasteiger partial charge is 0.314 e. The molecule has 0 radical (unpaired) electrons. The van der Waals surface area contributed by atoms with Crippen LogP contribution < -0.4 is 5.32 Å². The van der Waals surface area contributed by atoms with Gasteiger partial charge in [-0.15, -0.1) is 0 Å². The van der Waals surface area contributed by atoms with Crippen LogP contribution in [0, 0.1) is 0 Å². The van der Waals surface area contributed by atoms with Gasteiger partial charge in [0.25, 0.3) is 0 Å². The van der Waals surface area contributed by atoms with Crippen LogP contribution in [0.2, 0.25) is 0 Å². The van der Waals surface area contributed by atoms with Crippen LogP contribution in [0.15, 0.2) is 24.8 Å². The van der Waals surface area contributed by atoms with Gasteiger partial charge in [-0.3, -0.25) is 9.36 Å². The molecule has 76 valence electrons. The fourth-order valence-electron chi connectivity index (χ4n) is 0.310. The van der Waals surface area contributed by atoms with Crippen LogP contribution in [-0.2, 0) is 9.36 Å². The van der Waals surface area contributed by atoms with Crippen molar-refractivity contribution in [3.63, 3.8) is 0 Å². The summed E-state index contributed by atoms with van der Waals surface area (Å²) >= 11 is 0. The predicted octanol–water partition coefficient (Wildman–Crippen LogP) is 0.225. The molecule has 0 unspecified atom stereocenters. The Labute approximate surface area is 77.7 Å². The first-order valence-electron chi connectivity index (χ1n) is 3.36. The Kier molecular flexibility index (Phi) is 10.3. The molecule has 0 saturated carbocycles. The molecular formula is C7H14NO4P. The van der Waals surface area contributed by atoms with Crippen molar-refractivity contribution in [1.29, 1.82) is 0 Å². The van der Waals surface area contributed by atoms with Gasteiger partial charge in [0.05, 0.1) is 0 Å². The molecule has 13 heavy (non-hydrogen) atoms. The Hall–Kier alpha value is -0.900. The summed E-state index contributed by atoms with van der Waals surface area (Å²) in [5, 5.41) is 2.58. The molecule has 0 aliphatic carbocycles. The third-order valence-electron chi connectivity index (χ3n) is 0.750. The SMILES string of the molecule is C=CC(=O)NCC(=C)C.O=[PH](O)O. The Morgan fingerprint density at radius 2 is 2.00 bits per heavy atom. The van der Waals surface area contributed by atoms with Crippen LogP contribution in [-0.4, -0.2) is 22.2 Å². The van der Waals surface area contributed by atoms with Gasteiger partial charge in [-0.2, -0.15) is 0 Å². The first-order chi connectivity index (χ1) is 5.90. The van der Waals surface area contributed by atoms with Crippen molar-refractivity contribution < 1.29 is 19.1 Å². The molecule has 0 bridgehead atoms. The monoisotopic (exact) mass is 207 g/mol. The van der Waals surface area contributed by atoms with Crippen molar-refractivity contribution in [3.05, 3.63) is 24.8 Å². The van der Waals surface area contributed by atoms with Gasteiger partial charge in [0.1, 0.15) is 0 Å². The zero-order valence-corrected chi connectivity index (χ0v) is 8.41. The Morgan fingerprint density at radius 3 is 2.23 bits per heavy atom. The van der Waals surface area contributed by atoms with Gasteiger partial charge in [-0.25, -0.2) is 0 Å². The van der Waals surface area contributed by atoms with Crippen LogP contribution >= 0.6 is 8.25 Å². The lowest BCUT2D eigenvalue weighted by atomic mass is 10.3. The first kappa shape index (κ1) is 14.6. The van der Waals surface area contributed by atoms with E-state index in [1.165, 1.54) is 6.08 Å². The Balaban J connectivity index is 0. The maximum atomic E-state index is 10.4. The number of nitrogens with one attached hydrogen (secondary N) is 1. The number of amides is 1. The van der Waals surface area contributed by atoms with E-state index in [4.69, 9.17) is 14.4 Å². The molecule has 0 aliphatic rings. The standard InChI is InChI=1S/C7H11NO.H3O3P/c1-4-7(9)8-5-6(2)3;1-4(2)3/h4H,1-2,5H2,3H3,(H,8,9);4H,(H2,1,2,3). The third-order valence-corrected chi connectivity index (χ3v) is 0.750. The summed E-state index contributed by atoms with van der Waals surface area (Å²) < 4.78 is 8.74. The molecule has 0 saturated heterocycles. The zero-order valence-electron chi connectivity index (χ0n) is 7.41. The van der Waals surface area contributed by atoms with Gasteiger partial charge in [0.15, 0.2) is 0 Å². The molecule has 0 spiro atoms. The molecule has 0 aromatic heterocycles. The van der Waals surface area contributed by atoms with E-state index < -0.39 is 8.25 Å². The normalized spacial score (nSPS) is 8.31. The zero-order chi connectivity index (χ0) is 10.9. The maximum absolute atomic E-state index is 10.4. The first-order valence-corrected chi connectivity index (χ1v) is 4.67. The van der Waals surface area contributed by atoms with E-state index >= 15 is 0 Å². The van der Waals surface area contributed by atoms with Crippen molar-refractivity contribution >= 4 is 14.2 Å². The minimum absolute atomic E-state index is 0.155. The van der Waals surface area contributed by atoms with Gasteiger partial charge in [0.2, 0.25) is 5.91 Å². The molecule has 0 aliphatic heterocycles. The fourth-order valence-corrected chi connectivity index (χ4v) is 0.310. The average molecular weight is 207 g/mol. The Bertz CT molecular complexity index is 211. The summed E-state index contributed by atoms with van der Waals surface area (Å²) in [5.74, 6) is -0.155. The van der Waals surface area contributed by atoms with E-state index in [-0.39, 0.29) is 5.91 Å². The number of hydrogen-bond donors (Lipinski definition) is 3. The molecule has 0 aromatic rings. The summed E-state index contributed by atoms with van der Waals surface area (Å²) in [6.07, 6.45) is 1.24. The van der Waals surface area contributed by atoms with Gasteiger partial charge in [-0.05, 0) is 13.0 Å². The van der Waals surface area contributed by atoms with Crippen molar-refractivity contribution in [2.24, 2.45) is 0 Å². The molecule has 1 amide bonds. The second kappa shape index (κ2) is 9.19. The van der Waals surface area contributed by atoms with E-state index in [9.17, 15) is 4.79 Å². The molecule has 0 fully saturated rings. The largest absolute Gasteiger partial charge is 0.349 e. The third kappa shape index (κ3) is 24.7. The topological polar surface area (TPSA) is 86.6 Å². The number of hydrogen-bond acceptors (Lipinski definition) is 2. The summed E-state index contributed by atoms with van der Waals surface area (Å²) in [5.41, 5.74) is 0.935. The van der Waals surface area contributed by atoms with Crippen molar-refractivity contribution in [2.45, 2.75) is 6.92 Å². The van der Waals surface area contributed by atoms with Crippen LogP contribution in [0.1, 0.15) is 6.92 Å². The highest BCUT2D eigenvalue weighted by molar-refractivity contribution is 7.30. The number of rotatable bonds is 3. The van der Waals surface area contributed by atoms with E-state index in [0.29, 0.717) is 6.54 Å².